The Balaban J connectivity index is 4.55. The molecule has 2 N–H and O–H groups in total. The summed E-state index contributed by atoms with van der Waals surface area (Å²) in [7, 11) is 5.07. The lowest BCUT2D eigenvalue weighted by Gasteiger charge is -2.24. The van der Waals surface area contributed by atoms with E-state index < -0.39 is 0 Å². The van der Waals surface area contributed by atoms with Crippen molar-refractivity contribution >= 4 is 0 Å². The Hall–Kier alpha value is -0.720. The zero-order valence-electron chi connectivity index (χ0n) is 19.1. The number of allylic oxidation sites excluding steroid dienone is 2. The normalized spacial score (nSPS) is 19.4. The van der Waals surface area contributed by atoms with Crippen molar-refractivity contribution in [1.29, 1.82) is 0 Å². The third kappa shape index (κ3) is 10.7. The second kappa shape index (κ2) is 16.1. The Bertz CT molecular complexity index is 431. The molecule has 0 aromatic carbocycles. The van der Waals surface area contributed by atoms with Gasteiger partial charge in [-0.05, 0) is 44.9 Å². The van der Waals surface area contributed by atoms with Crippen LogP contribution in [0.1, 0.15) is 59.8 Å². The molecule has 0 aliphatic carbocycles. The van der Waals surface area contributed by atoms with E-state index in [4.69, 9.17) is 19.3 Å². The molecular weight excluding hydrogens is 356 g/mol. The van der Waals surface area contributed by atoms with Gasteiger partial charge >= 0.3 is 0 Å². The summed E-state index contributed by atoms with van der Waals surface area (Å²) in [4.78, 5) is 0. The monoisotopic (exact) mass is 400 g/mol. The molecule has 0 saturated heterocycles. The van der Waals surface area contributed by atoms with E-state index in [1.807, 2.05) is 13.0 Å². The van der Waals surface area contributed by atoms with Gasteiger partial charge in [0.05, 0.1) is 24.4 Å². The summed E-state index contributed by atoms with van der Waals surface area (Å²) in [5, 5.41) is 19.6. The molecule has 0 fully saturated rings. The molecule has 0 aromatic heterocycles. The summed E-state index contributed by atoms with van der Waals surface area (Å²) >= 11 is 0. The minimum Gasteiger partial charge on any atom is -0.396 e. The van der Waals surface area contributed by atoms with E-state index in [1.54, 1.807) is 21.3 Å². The molecule has 0 radical (unpaired) electrons. The van der Waals surface area contributed by atoms with Gasteiger partial charge in [0, 0.05) is 33.9 Å². The molecule has 0 aliphatic rings. The molecule has 0 aromatic rings. The van der Waals surface area contributed by atoms with Crippen LogP contribution in [0.15, 0.2) is 23.8 Å². The summed E-state index contributed by atoms with van der Waals surface area (Å²) < 4.78 is 16.4. The van der Waals surface area contributed by atoms with Crippen molar-refractivity contribution in [2.24, 2.45) is 11.8 Å². The molecule has 0 heterocycles. The fraction of sp³-hybridized carbons (Fsp3) is 0.826. The minimum absolute atomic E-state index is 0.0818. The molecular formula is C23H44O5. The number of hydrogen-bond acceptors (Lipinski definition) is 5. The van der Waals surface area contributed by atoms with E-state index in [0.29, 0.717) is 12.3 Å². The number of hydrogen-bond donors (Lipinski definition) is 2. The van der Waals surface area contributed by atoms with Crippen molar-refractivity contribution in [1.82, 2.24) is 0 Å². The van der Waals surface area contributed by atoms with Gasteiger partial charge in [0.2, 0.25) is 0 Å². The van der Waals surface area contributed by atoms with Crippen molar-refractivity contribution in [3.05, 3.63) is 23.8 Å². The van der Waals surface area contributed by atoms with Crippen LogP contribution in [0.3, 0.4) is 0 Å². The molecule has 0 amide bonds. The van der Waals surface area contributed by atoms with Crippen LogP contribution in [-0.4, -0.2) is 62.6 Å². The van der Waals surface area contributed by atoms with E-state index in [0.717, 1.165) is 25.7 Å². The molecule has 166 valence electrons. The van der Waals surface area contributed by atoms with E-state index in [2.05, 4.69) is 32.9 Å². The predicted octanol–water partition coefficient (Wildman–Crippen LogP) is 4.13. The Morgan fingerprint density at radius 1 is 0.929 bits per heavy atom. The number of methoxy groups -OCH3 is 3. The van der Waals surface area contributed by atoms with Gasteiger partial charge in [0.15, 0.2) is 0 Å². The highest BCUT2D eigenvalue weighted by molar-refractivity contribution is 5.12. The van der Waals surface area contributed by atoms with E-state index in [1.165, 1.54) is 5.57 Å². The molecule has 6 unspecified atom stereocenters. The fourth-order valence-electron chi connectivity index (χ4n) is 3.54. The average molecular weight is 401 g/mol. The smallest absolute Gasteiger partial charge is 0.0870 e. The summed E-state index contributed by atoms with van der Waals surface area (Å²) in [6.45, 7) is 8.50. The molecule has 5 heteroatoms. The number of ether oxygens (including phenoxy) is 3. The lowest BCUT2D eigenvalue weighted by Crippen LogP contribution is -2.31. The van der Waals surface area contributed by atoms with Gasteiger partial charge in [-0.25, -0.2) is 0 Å². The highest BCUT2D eigenvalue weighted by atomic mass is 16.5. The molecule has 0 spiro atoms. The van der Waals surface area contributed by atoms with E-state index in [9.17, 15) is 5.11 Å². The highest BCUT2D eigenvalue weighted by Gasteiger charge is 2.21. The molecule has 0 rings (SSSR count). The van der Waals surface area contributed by atoms with Crippen LogP contribution in [-0.2, 0) is 14.2 Å². The Morgan fingerprint density at radius 3 is 2.04 bits per heavy atom. The van der Waals surface area contributed by atoms with Crippen LogP contribution in [0.5, 0.6) is 0 Å². The van der Waals surface area contributed by atoms with Crippen molar-refractivity contribution < 1.29 is 24.4 Å². The van der Waals surface area contributed by atoms with Crippen LogP contribution >= 0.6 is 0 Å². The number of aliphatic hydroxyl groups is 2. The quantitative estimate of drug-likeness (QED) is 0.381. The first-order valence-electron chi connectivity index (χ1n) is 10.6. The van der Waals surface area contributed by atoms with Gasteiger partial charge in [-0.3, -0.25) is 0 Å². The second-order valence-corrected chi connectivity index (χ2v) is 7.83. The van der Waals surface area contributed by atoms with Crippen LogP contribution < -0.4 is 0 Å². The van der Waals surface area contributed by atoms with Crippen molar-refractivity contribution in [3.63, 3.8) is 0 Å². The van der Waals surface area contributed by atoms with E-state index in [-0.39, 0.29) is 36.9 Å². The lowest BCUT2D eigenvalue weighted by molar-refractivity contribution is -0.0448. The summed E-state index contributed by atoms with van der Waals surface area (Å²) in [5.41, 5.74) is 1.17. The van der Waals surface area contributed by atoms with Crippen molar-refractivity contribution in [2.75, 3.05) is 27.9 Å². The van der Waals surface area contributed by atoms with Crippen LogP contribution in [0.2, 0.25) is 0 Å². The standard InChI is InChI=1S/C23H44O5/c1-8-21(26-5)19(4)12-13-20(25)18(3)11-9-10-17(2)16-23(28-7)22(27-6)14-15-24/h9-11,18-25H,8,12-16H2,1-7H3/b11-9+,17-10+. The number of aliphatic hydroxyl groups excluding tert-OH is 2. The second-order valence-electron chi connectivity index (χ2n) is 7.83. The largest absolute Gasteiger partial charge is 0.396 e. The van der Waals surface area contributed by atoms with Gasteiger partial charge in [-0.15, -0.1) is 0 Å². The van der Waals surface area contributed by atoms with Gasteiger partial charge in [-0.1, -0.05) is 44.6 Å². The maximum Gasteiger partial charge on any atom is 0.0870 e. The molecule has 0 bridgehead atoms. The first kappa shape index (κ1) is 27.3. The van der Waals surface area contributed by atoms with Gasteiger partial charge in [-0.2, -0.15) is 0 Å². The highest BCUT2D eigenvalue weighted by Crippen LogP contribution is 2.21. The van der Waals surface area contributed by atoms with Gasteiger partial charge in [0.25, 0.3) is 0 Å². The Morgan fingerprint density at radius 2 is 1.54 bits per heavy atom. The molecule has 0 saturated carbocycles. The molecule has 5 nitrogen and oxygen atoms in total. The maximum atomic E-state index is 10.4. The molecule has 28 heavy (non-hydrogen) atoms. The zero-order valence-corrected chi connectivity index (χ0v) is 19.1. The molecule has 0 aliphatic heterocycles. The SMILES string of the molecule is CCC(OC)C(C)CCC(O)C(C)/C=C/C=C(\C)CC(OC)C(CCO)OC. The topological polar surface area (TPSA) is 68.2 Å². The van der Waals surface area contributed by atoms with Crippen LogP contribution in [0.4, 0.5) is 0 Å². The molecule has 6 atom stereocenters. The Kier molecular flexibility index (Phi) is 15.7. The average Bonchev–Trinajstić information content (AvgIpc) is 2.69. The van der Waals surface area contributed by atoms with E-state index >= 15 is 0 Å². The van der Waals surface area contributed by atoms with Gasteiger partial charge < -0.3 is 24.4 Å². The first-order chi connectivity index (χ1) is 13.3. The first-order valence-corrected chi connectivity index (χ1v) is 10.6. The third-order valence-electron chi connectivity index (χ3n) is 5.62. The Labute approximate surface area is 172 Å². The van der Waals surface area contributed by atoms with Crippen LogP contribution in [0.25, 0.3) is 0 Å². The maximum absolute atomic E-state index is 10.4. The summed E-state index contributed by atoms with van der Waals surface area (Å²) in [6.07, 6.45) is 9.85. The summed E-state index contributed by atoms with van der Waals surface area (Å²) in [5.74, 6) is 0.541. The van der Waals surface area contributed by atoms with Gasteiger partial charge in [0.1, 0.15) is 0 Å². The van der Waals surface area contributed by atoms with Crippen LogP contribution in [0, 0.1) is 11.8 Å². The fourth-order valence-corrected chi connectivity index (χ4v) is 3.54. The summed E-state index contributed by atoms with van der Waals surface area (Å²) in [6, 6.07) is 0. The predicted molar refractivity (Wildman–Crippen MR) is 115 cm³/mol. The van der Waals surface area contributed by atoms with Crippen molar-refractivity contribution in [2.45, 2.75) is 84.2 Å². The zero-order chi connectivity index (χ0) is 21.5. The third-order valence-corrected chi connectivity index (χ3v) is 5.62. The lowest BCUT2D eigenvalue weighted by atomic mass is 9.91. The minimum atomic E-state index is -0.351. The number of rotatable bonds is 16. The van der Waals surface area contributed by atoms with Crippen molar-refractivity contribution in [3.8, 4) is 0 Å².